The van der Waals surface area contributed by atoms with E-state index < -0.39 is 0 Å². The van der Waals surface area contributed by atoms with Gasteiger partial charge in [0.1, 0.15) is 0 Å². The topological polar surface area (TPSA) is 55.2 Å². The van der Waals surface area contributed by atoms with E-state index >= 15 is 0 Å². The molecular weight excluding hydrogens is 308 g/mol. The Hall–Kier alpha value is -1.10. The molecule has 0 saturated heterocycles. The van der Waals surface area contributed by atoms with E-state index in [0.717, 1.165) is 16.6 Å². The Bertz CT molecular complexity index is 488. The molecule has 1 saturated carbocycles. The van der Waals surface area contributed by atoms with E-state index in [4.69, 9.17) is 0 Å². The van der Waals surface area contributed by atoms with Crippen LogP contribution in [0.15, 0.2) is 22.7 Å². The van der Waals surface area contributed by atoms with Crippen molar-refractivity contribution in [3.05, 3.63) is 32.8 Å². The normalized spacial score (nSPS) is 21.9. The van der Waals surface area contributed by atoms with Gasteiger partial charge in [-0.3, -0.25) is 10.1 Å². The first-order valence-corrected chi connectivity index (χ1v) is 7.40. The number of rotatable bonds is 3. The molecule has 19 heavy (non-hydrogen) atoms. The Kier molecular flexibility index (Phi) is 4.13. The second-order valence-corrected chi connectivity index (χ2v) is 6.71. The zero-order chi connectivity index (χ0) is 14.0. The highest BCUT2D eigenvalue weighted by molar-refractivity contribution is 9.10. The van der Waals surface area contributed by atoms with E-state index in [1.54, 1.807) is 18.2 Å². The predicted molar refractivity (Wildman–Crippen MR) is 80.5 cm³/mol. The van der Waals surface area contributed by atoms with Crippen molar-refractivity contribution in [3.63, 3.8) is 0 Å². The molecular formula is C14H19BrN2O2. The number of nitro benzene ring substituents is 1. The minimum Gasteiger partial charge on any atom is -0.381 e. The van der Waals surface area contributed by atoms with Gasteiger partial charge in [-0.15, -0.1) is 0 Å². The fraction of sp³-hybridized carbons (Fsp3) is 0.571. The van der Waals surface area contributed by atoms with E-state index in [9.17, 15) is 10.1 Å². The summed E-state index contributed by atoms with van der Waals surface area (Å²) in [5, 5.41) is 14.3. The van der Waals surface area contributed by atoms with Crippen LogP contribution in [0.4, 0.5) is 11.4 Å². The van der Waals surface area contributed by atoms with Crippen molar-refractivity contribution in [2.24, 2.45) is 5.41 Å². The lowest BCUT2D eigenvalue weighted by molar-refractivity contribution is -0.384. The molecule has 0 aromatic heterocycles. The molecule has 1 aromatic rings. The quantitative estimate of drug-likeness (QED) is 0.644. The summed E-state index contributed by atoms with van der Waals surface area (Å²) in [6, 6.07) is 5.30. The number of hydrogen-bond acceptors (Lipinski definition) is 3. The third-order valence-electron chi connectivity index (χ3n) is 4.00. The number of halogens is 1. The summed E-state index contributed by atoms with van der Waals surface area (Å²) < 4.78 is 0.753. The van der Waals surface area contributed by atoms with Gasteiger partial charge in [0.25, 0.3) is 5.69 Å². The van der Waals surface area contributed by atoms with Crippen LogP contribution in [0.2, 0.25) is 0 Å². The first-order chi connectivity index (χ1) is 8.90. The first-order valence-electron chi connectivity index (χ1n) is 6.60. The molecule has 1 aliphatic rings. The lowest BCUT2D eigenvalue weighted by Gasteiger charge is -2.39. The number of nitro groups is 1. The van der Waals surface area contributed by atoms with Crippen molar-refractivity contribution in [3.8, 4) is 0 Å². The van der Waals surface area contributed by atoms with Gasteiger partial charge < -0.3 is 5.32 Å². The van der Waals surface area contributed by atoms with E-state index in [1.807, 2.05) is 0 Å². The van der Waals surface area contributed by atoms with Crippen LogP contribution in [-0.2, 0) is 0 Å². The molecule has 0 heterocycles. The van der Waals surface area contributed by atoms with Crippen LogP contribution in [0.25, 0.3) is 0 Å². The molecule has 0 spiro atoms. The second-order valence-electron chi connectivity index (χ2n) is 5.85. The number of anilines is 1. The summed E-state index contributed by atoms with van der Waals surface area (Å²) in [4.78, 5) is 10.3. The summed E-state index contributed by atoms with van der Waals surface area (Å²) in [7, 11) is 0. The van der Waals surface area contributed by atoms with Gasteiger partial charge in [-0.2, -0.15) is 0 Å². The number of hydrogen-bond donors (Lipinski definition) is 1. The molecule has 0 amide bonds. The average Bonchev–Trinajstić information content (AvgIpc) is 2.33. The van der Waals surface area contributed by atoms with Crippen molar-refractivity contribution >= 4 is 27.3 Å². The highest BCUT2D eigenvalue weighted by atomic mass is 79.9. The molecule has 1 N–H and O–H groups in total. The highest BCUT2D eigenvalue weighted by Gasteiger charge is 2.32. The van der Waals surface area contributed by atoms with Crippen LogP contribution in [0.5, 0.6) is 0 Å². The maximum absolute atomic E-state index is 10.7. The summed E-state index contributed by atoms with van der Waals surface area (Å²) in [5.41, 5.74) is 1.31. The average molecular weight is 327 g/mol. The summed E-state index contributed by atoms with van der Waals surface area (Å²) in [5.74, 6) is 0. The number of non-ortho nitro benzene ring substituents is 1. The Morgan fingerprint density at radius 1 is 1.42 bits per heavy atom. The fourth-order valence-electron chi connectivity index (χ4n) is 2.68. The highest BCUT2D eigenvalue weighted by Crippen LogP contribution is 2.38. The fourth-order valence-corrected chi connectivity index (χ4v) is 3.17. The number of benzene rings is 1. The largest absolute Gasteiger partial charge is 0.381 e. The SMILES string of the molecule is CC1(C)CCCCC1Nc1ccc([N+](=O)[O-])cc1Br. The Balaban J connectivity index is 2.17. The van der Waals surface area contributed by atoms with Crippen LogP contribution in [0.1, 0.15) is 39.5 Å². The Labute approximate surface area is 121 Å². The number of nitrogens with one attached hydrogen (secondary N) is 1. The van der Waals surface area contributed by atoms with Crippen molar-refractivity contribution < 1.29 is 4.92 Å². The van der Waals surface area contributed by atoms with Crippen LogP contribution in [0, 0.1) is 15.5 Å². The van der Waals surface area contributed by atoms with Gasteiger partial charge >= 0.3 is 0 Å². The van der Waals surface area contributed by atoms with Crippen LogP contribution >= 0.6 is 15.9 Å². The minimum absolute atomic E-state index is 0.111. The molecule has 1 fully saturated rings. The Morgan fingerprint density at radius 3 is 2.74 bits per heavy atom. The zero-order valence-electron chi connectivity index (χ0n) is 11.3. The van der Waals surface area contributed by atoms with E-state index in [-0.39, 0.29) is 16.0 Å². The smallest absolute Gasteiger partial charge is 0.270 e. The lowest BCUT2D eigenvalue weighted by Crippen LogP contribution is -2.38. The monoisotopic (exact) mass is 326 g/mol. The van der Waals surface area contributed by atoms with Gasteiger partial charge in [-0.05, 0) is 40.3 Å². The molecule has 1 aromatic carbocycles. The first kappa shape index (κ1) is 14.3. The second kappa shape index (κ2) is 5.49. The third-order valence-corrected chi connectivity index (χ3v) is 4.66. The number of nitrogens with zero attached hydrogens (tertiary/aromatic N) is 1. The van der Waals surface area contributed by atoms with Crippen LogP contribution < -0.4 is 5.32 Å². The van der Waals surface area contributed by atoms with Crippen LogP contribution in [0.3, 0.4) is 0 Å². The summed E-state index contributed by atoms with van der Waals surface area (Å²) in [6.45, 7) is 4.56. The van der Waals surface area contributed by atoms with Gasteiger partial charge in [0, 0.05) is 28.3 Å². The van der Waals surface area contributed by atoms with E-state index in [0.29, 0.717) is 6.04 Å². The Morgan fingerprint density at radius 2 is 2.16 bits per heavy atom. The molecule has 0 aliphatic heterocycles. The lowest BCUT2D eigenvalue weighted by atomic mass is 9.73. The summed E-state index contributed by atoms with van der Waals surface area (Å²) in [6.07, 6.45) is 4.89. The molecule has 4 nitrogen and oxygen atoms in total. The van der Waals surface area contributed by atoms with Gasteiger partial charge in [-0.1, -0.05) is 26.7 Å². The van der Waals surface area contributed by atoms with Gasteiger partial charge in [-0.25, -0.2) is 0 Å². The molecule has 0 radical (unpaired) electrons. The molecule has 1 atom stereocenters. The molecule has 5 heteroatoms. The van der Waals surface area contributed by atoms with Crippen LogP contribution in [-0.4, -0.2) is 11.0 Å². The zero-order valence-corrected chi connectivity index (χ0v) is 12.9. The molecule has 0 bridgehead atoms. The van der Waals surface area contributed by atoms with Crippen molar-refractivity contribution in [1.82, 2.24) is 0 Å². The third kappa shape index (κ3) is 3.26. The van der Waals surface area contributed by atoms with Gasteiger partial charge in [0.15, 0.2) is 0 Å². The molecule has 1 unspecified atom stereocenters. The maximum Gasteiger partial charge on any atom is 0.270 e. The van der Waals surface area contributed by atoms with Gasteiger partial charge in [0.2, 0.25) is 0 Å². The van der Waals surface area contributed by atoms with E-state index in [2.05, 4.69) is 35.1 Å². The maximum atomic E-state index is 10.7. The standard InChI is InChI=1S/C14H19BrN2O2/c1-14(2)8-4-3-5-13(14)16-12-7-6-10(17(18)19)9-11(12)15/h6-7,9,13,16H,3-5,8H2,1-2H3. The van der Waals surface area contributed by atoms with Crippen molar-refractivity contribution in [1.29, 1.82) is 0 Å². The minimum atomic E-state index is -0.376. The van der Waals surface area contributed by atoms with E-state index in [1.165, 1.54) is 19.3 Å². The molecule has 1 aliphatic carbocycles. The van der Waals surface area contributed by atoms with Crippen molar-refractivity contribution in [2.45, 2.75) is 45.6 Å². The molecule has 2 rings (SSSR count). The van der Waals surface area contributed by atoms with Gasteiger partial charge in [0.05, 0.1) is 4.92 Å². The summed E-state index contributed by atoms with van der Waals surface area (Å²) >= 11 is 3.41. The van der Waals surface area contributed by atoms with Crippen molar-refractivity contribution in [2.75, 3.05) is 5.32 Å². The predicted octanol–water partition coefficient (Wildman–Crippen LogP) is 4.74. The molecule has 104 valence electrons.